The van der Waals surface area contributed by atoms with Crippen molar-refractivity contribution in [1.29, 1.82) is 0 Å². The number of rotatable bonds is 9. The van der Waals surface area contributed by atoms with Crippen molar-refractivity contribution in [2.45, 2.75) is 89.1 Å². The van der Waals surface area contributed by atoms with E-state index in [2.05, 4.69) is 11.8 Å². The van der Waals surface area contributed by atoms with Gasteiger partial charge >= 0.3 is 0 Å². The molecule has 1 amide bonds. The van der Waals surface area contributed by atoms with Gasteiger partial charge in [-0.3, -0.25) is 4.79 Å². The van der Waals surface area contributed by atoms with Gasteiger partial charge in [0, 0.05) is 45.1 Å². The summed E-state index contributed by atoms with van der Waals surface area (Å²) in [5, 5.41) is 0. The Morgan fingerprint density at radius 1 is 1.06 bits per heavy atom. The first-order valence-electron chi connectivity index (χ1n) is 12.5. The Hall–Kier alpha value is -1.93. The molecule has 33 heavy (non-hydrogen) atoms. The Kier molecular flexibility index (Phi) is 7.15. The predicted octanol–water partition coefficient (Wildman–Crippen LogP) is 4.11. The third-order valence-electron chi connectivity index (χ3n) is 7.46. The number of fused-ring (bicyclic) bond motifs is 1. The third-order valence-corrected chi connectivity index (χ3v) is 9.50. The van der Waals surface area contributed by atoms with Gasteiger partial charge in [-0.25, -0.2) is 13.4 Å². The van der Waals surface area contributed by atoms with Crippen LogP contribution in [0.3, 0.4) is 0 Å². The summed E-state index contributed by atoms with van der Waals surface area (Å²) in [5.74, 6) is 1.84. The van der Waals surface area contributed by atoms with Crippen LogP contribution >= 0.6 is 0 Å². The number of carbonyl (C=O) groups excluding carboxylic acids is 1. The van der Waals surface area contributed by atoms with Crippen molar-refractivity contribution < 1.29 is 13.2 Å². The van der Waals surface area contributed by atoms with Crippen LogP contribution in [0.15, 0.2) is 23.1 Å². The normalized spacial score (nSPS) is 21.6. The van der Waals surface area contributed by atoms with Gasteiger partial charge in [-0.05, 0) is 62.6 Å². The highest BCUT2D eigenvalue weighted by molar-refractivity contribution is 7.89. The lowest BCUT2D eigenvalue weighted by Crippen LogP contribution is -2.43. The first kappa shape index (κ1) is 24.2. The summed E-state index contributed by atoms with van der Waals surface area (Å²) >= 11 is 0. The number of aromatic nitrogens is 2. The molecule has 8 heteroatoms. The molecule has 0 N–H and O–H groups in total. The van der Waals surface area contributed by atoms with Gasteiger partial charge in [0.1, 0.15) is 5.82 Å². The number of aryl methyl sites for hydroxylation is 2. The number of benzene rings is 1. The van der Waals surface area contributed by atoms with Crippen molar-refractivity contribution >= 4 is 27.0 Å². The molecule has 0 unspecified atom stereocenters. The Morgan fingerprint density at radius 2 is 1.67 bits per heavy atom. The first-order chi connectivity index (χ1) is 15.8. The molecule has 0 atom stereocenters. The highest BCUT2D eigenvalue weighted by Crippen LogP contribution is 2.36. The Labute approximate surface area is 198 Å². The number of hydrogen-bond donors (Lipinski definition) is 0. The monoisotopic (exact) mass is 474 g/mol. The zero-order valence-electron chi connectivity index (χ0n) is 20.5. The molecule has 0 radical (unpaired) electrons. The van der Waals surface area contributed by atoms with E-state index in [9.17, 15) is 13.2 Å². The van der Waals surface area contributed by atoms with Gasteiger partial charge in [0.15, 0.2) is 0 Å². The zero-order chi connectivity index (χ0) is 23.8. The quantitative estimate of drug-likeness (QED) is 0.548. The predicted molar refractivity (Wildman–Crippen MR) is 130 cm³/mol. The lowest BCUT2D eigenvalue weighted by molar-refractivity contribution is -0.135. The molecule has 0 bridgehead atoms. The molecule has 182 valence electrons. The number of sulfonamides is 1. The van der Waals surface area contributed by atoms with Crippen LogP contribution in [0.25, 0.3) is 11.0 Å². The van der Waals surface area contributed by atoms with Gasteiger partial charge in [-0.15, -0.1) is 0 Å². The number of nitrogens with zero attached hydrogens (tertiary/aromatic N) is 4. The van der Waals surface area contributed by atoms with Crippen LogP contribution in [0, 0.1) is 5.92 Å². The Morgan fingerprint density at radius 3 is 2.24 bits per heavy atom. The molecule has 0 aliphatic heterocycles. The molecule has 2 aliphatic rings. The molecule has 0 spiro atoms. The van der Waals surface area contributed by atoms with Gasteiger partial charge in [-0.2, -0.15) is 4.31 Å². The van der Waals surface area contributed by atoms with Gasteiger partial charge in [0.25, 0.3) is 0 Å². The minimum Gasteiger partial charge on any atom is -0.337 e. The molecule has 4 rings (SSSR count). The van der Waals surface area contributed by atoms with Crippen LogP contribution in [0.5, 0.6) is 0 Å². The van der Waals surface area contributed by atoms with E-state index in [0.717, 1.165) is 42.9 Å². The second-order valence-corrected chi connectivity index (χ2v) is 11.7. The molecule has 7 nitrogen and oxygen atoms in total. The van der Waals surface area contributed by atoms with Crippen LogP contribution in [-0.2, 0) is 28.3 Å². The molecule has 2 aromatic rings. The SMILES string of the molecule is CCN(CC)S(=O)(=O)c1ccc2c(c1)nc(CCC(=O)N(C1CCC(C)CC1)C1CC1)n2C. The summed E-state index contributed by atoms with van der Waals surface area (Å²) in [6.07, 6.45) is 7.95. The molecular formula is C25H38N4O3S. The van der Waals surface area contributed by atoms with E-state index in [1.807, 2.05) is 31.5 Å². The molecule has 0 saturated heterocycles. The van der Waals surface area contributed by atoms with E-state index < -0.39 is 10.0 Å². The summed E-state index contributed by atoms with van der Waals surface area (Å²) in [5.41, 5.74) is 1.55. The second-order valence-electron chi connectivity index (χ2n) is 9.77. The van der Waals surface area contributed by atoms with Crippen LogP contribution in [0.2, 0.25) is 0 Å². The maximum absolute atomic E-state index is 13.2. The van der Waals surface area contributed by atoms with Crippen LogP contribution < -0.4 is 0 Å². The number of hydrogen-bond acceptors (Lipinski definition) is 4. The van der Waals surface area contributed by atoms with Crippen molar-refractivity contribution in [1.82, 2.24) is 18.8 Å². The lowest BCUT2D eigenvalue weighted by Gasteiger charge is -2.36. The van der Waals surface area contributed by atoms with Crippen molar-refractivity contribution in [2.75, 3.05) is 13.1 Å². The number of carbonyl (C=O) groups is 1. The molecule has 2 aliphatic carbocycles. The second kappa shape index (κ2) is 9.74. The fourth-order valence-corrected chi connectivity index (χ4v) is 6.73. The van der Waals surface area contributed by atoms with E-state index in [1.54, 1.807) is 12.1 Å². The van der Waals surface area contributed by atoms with Crippen molar-refractivity contribution in [3.05, 3.63) is 24.0 Å². The first-order valence-corrected chi connectivity index (χ1v) is 14.0. The zero-order valence-corrected chi connectivity index (χ0v) is 21.3. The highest BCUT2D eigenvalue weighted by atomic mass is 32.2. The minimum absolute atomic E-state index is 0.244. The molecule has 1 aromatic carbocycles. The molecule has 1 aromatic heterocycles. The summed E-state index contributed by atoms with van der Waals surface area (Å²) in [7, 11) is -1.59. The number of amides is 1. The molecular weight excluding hydrogens is 436 g/mol. The minimum atomic E-state index is -3.53. The average molecular weight is 475 g/mol. The molecule has 2 fully saturated rings. The summed E-state index contributed by atoms with van der Waals surface area (Å²) in [4.78, 5) is 20.4. The van der Waals surface area contributed by atoms with Crippen molar-refractivity contribution in [2.24, 2.45) is 13.0 Å². The van der Waals surface area contributed by atoms with Crippen LogP contribution in [0.1, 0.15) is 71.5 Å². The fraction of sp³-hybridized carbons (Fsp3) is 0.680. The number of imidazole rings is 1. The fourth-order valence-electron chi connectivity index (χ4n) is 5.25. The van der Waals surface area contributed by atoms with Crippen molar-refractivity contribution in [3.63, 3.8) is 0 Å². The summed E-state index contributed by atoms with van der Waals surface area (Å²) in [6.45, 7) is 6.86. The van der Waals surface area contributed by atoms with E-state index in [4.69, 9.17) is 4.98 Å². The maximum Gasteiger partial charge on any atom is 0.243 e. The van der Waals surface area contributed by atoms with Gasteiger partial charge in [-0.1, -0.05) is 20.8 Å². The maximum atomic E-state index is 13.2. The lowest BCUT2D eigenvalue weighted by atomic mass is 9.86. The topological polar surface area (TPSA) is 75.5 Å². The van der Waals surface area contributed by atoms with Gasteiger partial charge in [0.05, 0.1) is 15.9 Å². The molecule has 2 saturated carbocycles. The van der Waals surface area contributed by atoms with Gasteiger partial charge in [0.2, 0.25) is 15.9 Å². The van der Waals surface area contributed by atoms with E-state index >= 15 is 0 Å². The van der Waals surface area contributed by atoms with Crippen LogP contribution in [0.4, 0.5) is 0 Å². The van der Waals surface area contributed by atoms with Gasteiger partial charge < -0.3 is 9.47 Å². The summed E-state index contributed by atoms with van der Waals surface area (Å²) in [6, 6.07) is 5.97. The largest absolute Gasteiger partial charge is 0.337 e. The smallest absolute Gasteiger partial charge is 0.243 e. The third kappa shape index (κ3) is 4.97. The van der Waals surface area contributed by atoms with Crippen LogP contribution in [-0.4, -0.2) is 58.3 Å². The van der Waals surface area contributed by atoms with E-state index in [-0.39, 0.29) is 10.8 Å². The van der Waals surface area contributed by atoms with E-state index in [1.165, 1.54) is 17.1 Å². The average Bonchev–Trinajstić information content (AvgIpc) is 3.58. The van der Waals surface area contributed by atoms with E-state index in [0.29, 0.717) is 43.5 Å². The highest BCUT2D eigenvalue weighted by Gasteiger charge is 2.38. The standard InChI is InChI=1S/C25H38N4O3S/c1-5-28(6-2)33(31,32)21-13-14-23-22(17-21)26-24(27(23)4)15-16-25(30)29(20-11-12-20)19-9-7-18(3)8-10-19/h13-14,17-20H,5-12,15-16H2,1-4H3. The van der Waals surface area contributed by atoms with Crippen molar-refractivity contribution in [3.8, 4) is 0 Å². The Bertz CT molecular complexity index is 1090. The molecule has 1 heterocycles. The summed E-state index contributed by atoms with van der Waals surface area (Å²) < 4.78 is 29.2. The Balaban J connectivity index is 1.49.